The highest BCUT2D eigenvalue weighted by Gasteiger charge is 2.50. The molecule has 5 aliphatic heterocycles. The van der Waals surface area contributed by atoms with E-state index in [4.69, 9.17) is 28.9 Å². The number of fused-ring (bicyclic) bond motifs is 13. The maximum atomic E-state index is 14.8. The number of amides is 2. The summed E-state index contributed by atoms with van der Waals surface area (Å²) in [6.45, 7) is 17.2. The third kappa shape index (κ3) is 10.7. The maximum Gasteiger partial charge on any atom is 0.325 e. The van der Waals surface area contributed by atoms with Gasteiger partial charge in [0, 0.05) is 86.7 Å². The zero-order valence-electron chi connectivity index (χ0n) is 41.2. The number of carbonyl (C=O) groups is 5. The fourth-order valence-corrected chi connectivity index (χ4v) is 9.64. The van der Waals surface area contributed by atoms with Crippen molar-refractivity contribution in [3.05, 3.63) is 58.0 Å². The van der Waals surface area contributed by atoms with Gasteiger partial charge >= 0.3 is 17.7 Å². The van der Waals surface area contributed by atoms with Crippen LogP contribution in [0.4, 0.5) is 5.69 Å². The number of ether oxygens (including phenoxy) is 5. The second-order valence-electron chi connectivity index (χ2n) is 19.4. The van der Waals surface area contributed by atoms with E-state index in [2.05, 4.69) is 34.1 Å². The number of nitrogens with zero attached hydrogens (tertiary/aromatic N) is 3. The highest BCUT2D eigenvalue weighted by Crippen LogP contribution is 2.50. The number of aliphatic hydroxyl groups excluding tert-OH is 2. The van der Waals surface area contributed by atoms with Crippen molar-refractivity contribution in [2.75, 3.05) is 45.7 Å². The number of Topliss-reactive ketones (excluding diaryl/α,β-unsaturated/α-hetero) is 1. The number of aromatic hydroxyl groups is 2. The van der Waals surface area contributed by atoms with Crippen molar-refractivity contribution in [2.24, 2.45) is 39.6 Å². The molecule has 2 aromatic rings. The highest BCUT2D eigenvalue weighted by molar-refractivity contribution is 6.19. The molecule has 0 saturated carbocycles. The third-order valence-corrected chi connectivity index (χ3v) is 13.8. The Balaban J connectivity index is 1.47. The van der Waals surface area contributed by atoms with Gasteiger partial charge in [-0.1, -0.05) is 59.8 Å². The second-order valence-corrected chi connectivity index (χ2v) is 19.4. The zero-order valence-corrected chi connectivity index (χ0v) is 41.2. The van der Waals surface area contributed by atoms with Gasteiger partial charge in [-0.25, -0.2) is 0 Å². The summed E-state index contributed by atoms with van der Waals surface area (Å²) in [5, 5.41) is 52.8. The van der Waals surface area contributed by atoms with Gasteiger partial charge in [-0.2, -0.15) is 0 Å². The summed E-state index contributed by atoms with van der Waals surface area (Å²) in [7, 11) is 2.54. The van der Waals surface area contributed by atoms with Gasteiger partial charge in [-0.3, -0.25) is 34.0 Å². The molecular formula is C50H67N5O14. The van der Waals surface area contributed by atoms with Crippen molar-refractivity contribution in [2.45, 2.75) is 117 Å². The van der Waals surface area contributed by atoms with Gasteiger partial charge in [0.1, 0.15) is 41.6 Å². The van der Waals surface area contributed by atoms with Crippen LogP contribution in [-0.4, -0.2) is 131 Å². The molecule has 0 aliphatic carbocycles. The van der Waals surface area contributed by atoms with E-state index in [-0.39, 0.29) is 49.6 Å². The number of anilines is 1. The molecule has 2 amide bonds. The number of rotatable bonds is 8. The van der Waals surface area contributed by atoms with Crippen LogP contribution >= 0.6 is 0 Å². The predicted octanol–water partition coefficient (Wildman–Crippen LogP) is 3.41. The molecule has 69 heavy (non-hydrogen) atoms. The van der Waals surface area contributed by atoms with E-state index in [0.29, 0.717) is 31.8 Å². The van der Waals surface area contributed by atoms with E-state index in [1.165, 1.54) is 39.4 Å². The fraction of sp³-hybridized carbons (Fsp3) is 0.580. The van der Waals surface area contributed by atoms with Gasteiger partial charge in [0.2, 0.25) is 5.91 Å². The third-order valence-electron chi connectivity index (χ3n) is 13.8. The summed E-state index contributed by atoms with van der Waals surface area (Å²) in [5.74, 6) is -9.41. The van der Waals surface area contributed by atoms with Crippen molar-refractivity contribution in [3.8, 4) is 17.2 Å². The van der Waals surface area contributed by atoms with Crippen molar-refractivity contribution in [3.63, 3.8) is 0 Å². The number of phenols is 2. The molecular weight excluding hydrogens is 895 g/mol. The number of carbonyl (C=O) groups excluding carboxylic acids is 5. The lowest BCUT2D eigenvalue weighted by atomic mass is 9.78. The van der Waals surface area contributed by atoms with Crippen molar-refractivity contribution in [1.82, 2.24) is 10.2 Å². The second kappa shape index (κ2) is 21.0. The van der Waals surface area contributed by atoms with E-state index >= 15 is 0 Å². The van der Waals surface area contributed by atoms with E-state index in [9.17, 15) is 44.4 Å². The number of likely N-dealkylation sites (tertiary alicyclic amines) is 1. The largest absolute Gasteiger partial charge is 0.507 e. The molecule has 0 aromatic heterocycles. The average Bonchev–Trinajstić information content (AvgIpc) is 3.81. The molecule has 0 radical (unpaired) electrons. The molecule has 19 nitrogen and oxygen atoms in total. The molecule has 19 heteroatoms. The zero-order chi connectivity index (χ0) is 50.9. The van der Waals surface area contributed by atoms with Gasteiger partial charge in [-0.05, 0) is 25.8 Å². The van der Waals surface area contributed by atoms with Crippen LogP contribution in [0, 0.1) is 36.5 Å². The van der Waals surface area contributed by atoms with Gasteiger partial charge in [0.25, 0.3) is 11.7 Å². The first-order valence-electron chi connectivity index (χ1n) is 23.4. The highest BCUT2D eigenvalue weighted by atomic mass is 16.7. The first kappa shape index (κ1) is 52.5. The molecule has 1 saturated heterocycles. The number of hydrogen-bond acceptors (Lipinski definition) is 17. The van der Waals surface area contributed by atoms with Gasteiger partial charge in [-0.15, -0.1) is 0 Å². The lowest BCUT2D eigenvalue weighted by molar-refractivity contribution is -0.164. The lowest BCUT2D eigenvalue weighted by Gasteiger charge is -2.38. The topological polar surface area (TPSA) is 264 Å². The van der Waals surface area contributed by atoms with Crippen LogP contribution in [0.1, 0.15) is 90.6 Å². The molecule has 376 valence electrons. The van der Waals surface area contributed by atoms with E-state index in [0.717, 1.165) is 13.7 Å². The lowest BCUT2D eigenvalue weighted by Crippen LogP contribution is -2.47. The Kier molecular flexibility index (Phi) is 16.0. The van der Waals surface area contributed by atoms with Gasteiger partial charge in [0.15, 0.2) is 11.4 Å². The van der Waals surface area contributed by atoms with E-state index < -0.39 is 114 Å². The Labute approximate surface area is 401 Å². The molecule has 1 spiro atoms. The number of ketones is 1. The van der Waals surface area contributed by atoms with Crippen LogP contribution in [0.15, 0.2) is 46.1 Å². The van der Waals surface area contributed by atoms with Crippen LogP contribution in [0.2, 0.25) is 0 Å². The number of phenolic OH excluding ortho intramolecular Hbond substituents is 2. The van der Waals surface area contributed by atoms with Gasteiger partial charge in [0.05, 0.1) is 48.0 Å². The van der Waals surface area contributed by atoms with E-state index in [1.807, 2.05) is 0 Å². The predicted molar refractivity (Wildman–Crippen MR) is 252 cm³/mol. The average molecular weight is 962 g/mol. The quantitative estimate of drug-likeness (QED) is 0.126. The van der Waals surface area contributed by atoms with Crippen LogP contribution in [0.3, 0.4) is 0 Å². The number of esters is 2. The first-order chi connectivity index (χ1) is 32.5. The summed E-state index contributed by atoms with van der Waals surface area (Å²) in [5.41, 5.74) is -0.795. The summed E-state index contributed by atoms with van der Waals surface area (Å²) < 4.78 is 28.7. The Morgan fingerprint density at radius 1 is 0.928 bits per heavy atom. The number of allylic oxidation sites excluding steroid dienone is 2. The Morgan fingerprint density at radius 3 is 2.23 bits per heavy atom. The minimum absolute atomic E-state index is 0.00844. The molecule has 9 atom stereocenters. The fourth-order valence-electron chi connectivity index (χ4n) is 9.64. The van der Waals surface area contributed by atoms with Crippen LogP contribution in [-0.2, 0) is 38.1 Å². The normalized spacial score (nSPS) is 30.0. The molecule has 6 N–H and O–H groups in total. The standard InChI is InChI=1S/C50H67N5O14/c1-24(2)23-55-18-16-50(17-19-55)53-38-35-36-43(61)30(8)46-37(35)47(63)49(9,69-46)67-20-15-31(65-10)27(5)45(68-33(57)21-32(56)51-22-34(58)66-11)29(7)42(60)28(6)41(59)25(3)13-12-14-26(4)48(64)52-40(44(36)62)39(38)54-50/h12-15,20,24-25,27-29,31,41-42,45,59-62H,16-19,21-23H2,1-11H3,(H,51,56)(H,52,64)/b13-12+,20-15+,26-14-/t25-,27+,28+,29+,31-,41-,42+,45+,49-/m0/s1. The summed E-state index contributed by atoms with van der Waals surface area (Å²) in [4.78, 5) is 79.0. The smallest absolute Gasteiger partial charge is 0.325 e. The Morgan fingerprint density at radius 2 is 1.59 bits per heavy atom. The number of piperidine rings is 1. The van der Waals surface area contributed by atoms with Crippen molar-refractivity contribution < 1.29 is 68.1 Å². The van der Waals surface area contributed by atoms with Crippen molar-refractivity contribution in [1.29, 1.82) is 0 Å². The number of aliphatic hydroxyl groups is 2. The number of benzene rings is 2. The SMILES string of the molecule is COC(=O)CNC(=O)CC(=O)O[C@H]1[C@H](C)[C@H](O)[C@H](C)[C@@H](O)[C@@H](C)/C=C/C=C(/C)C(=O)Nc2c(O)c3c(O)c(C)c4c(c3c3c2=NC2(CCN(CC(C)C)CC2)N=3)C(=O)[C@@](C)(O/C=C/[C@H](OC)[C@H]1C)O4. The van der Waals surface area contributed by atoms with E-state index in [1.54, 1.807) is 46.8 Å². The first-order valence-corrected chi connectivity index (χ1v) is 23.4. The van der Waals surface area contributed by atoms with Gasteiger partial charge < -0.3 is 59.6 Å². The summed E-state index contributed by atoms with van der Waals surface area (Å²) in [6.07, 6.45) is 3.14. The molecule has 7 rings (SSSR count). The summed E-state index contributed by atoms with van der Waals surface area (Å²) >= 11 is 0. The molecule has 1 fully saturated rings. The van der Waals surface area contributed by atoms with Crippen molar-refractivity contribution >= 4 is 46.0 Å². The molecule has 5 heterocycles. The number of methoxy groups -OCH3 is 2. The Hall–Kier alpha value is -5.89. The maximum absolute atomic E-state index is 14.8. The summed E-state index contributed by atoms with van der Waals surface area (Å²) in [6, 6.07) is 0. The molecule has 0 unspecified atom stereocenters. The molecule has 5 bridgehead atoms. The number of nitrogens with one attached hydrogen (secondary N) is 2. The molecule has 2 aromatic carbocycles. The minimum Gasteiger partial charge on any atom is -0.507 e. The minimum atomic E-state index is -2.05. The van der Waals surface area contributed by atoms with Crippen LogP contribution < -0.4 is 26.1 Å². The number of hydrogen-bond donors (Lipinski definition) is 6. The van der Waals surface area contributed by atoms with Crippen LogP contribution in [0.5, 0.6) is 17.2 Å². The Bertz CT molecular complexity index is 2580. The van der Waals surface area contributed by atoms with Crippen LogP contribution in [0.25, 0.3) is 10.8 Å². The molecule has 5 aliphatic rings. The monoisotopic (exact) mass is 961 g/mol.